The normalized spacial score (nSPS) is 22.0. The van der Waals surface area contributed by atoms with E-state index in [0.29, 0.717) is 26.1 Å². The van der Waals surface area contributed by atoms with E-state index in [1.165, 1.54) is 25.7 Å². The molecule has 1 aliphatic heterocycles. The zero-order valence-corrected chi connectivity index (χ0v) is 12.8. The Morgan fingerprint density at radius 2 is 1.85 bits per heavy atom. The highest BCUT2D eigenvalue weighted by Gasteiger charge is 2.41. The zero-order valence-electron chi connectivity index (χ0n) is 12.8. The molecular weight excluding hydrogens is 256 g/mol. The summed E-state index contributed by atoms with van der Waals surface area (Å²) in [5, 5.41) is 12.0. The number of urea groups is 1. The van der Waals surface area contributed by atoms with Gasteiger partial charge in [-0.1, -0.05) is 39.0 Å². The summed E-state index contributed by atoms with van der Waals surface area (Å²) in [6.07, 6.45) is 7.71. The highest BCUT2D eigenvalue weighted by Crippen LogP contribution is 2.29. The predicted molar refractivity (Wildman–Crippen MR) is 78.7 cm³/mol. The number of amides is 2. The number of hydrogen-bond donors (Lipinski definition) is 2. The molecule has 1 aliphatic rings. The maximum Gasteiger partial charge on any atom is 0.317 e. The standard InChI is InChI=1S/C15H28N2O3/c1-3-4-5-6-7-8-10-16-14(20)17-11-9-15(2,12-17)13(18)19/h3-12H2,1-2H3,(H,16,20)(H,18,19). The second kappa shape index (κ2) is 8.12. The largest absolute Gasteiger partial charge is 0.481 e. The lowest BCUT2D eigenvalue weighted by Gasteiger charge is -2.20. The molecule has 1 heterocycles. The van der Waals surface area contributed by atoms with Gasteiger partial charge in [0.2, 0.25) is 0 Å². The molecule has 2 N–H and O–H groups in total. The van der Waals surface area contributed by atoms with Gasteiger partial charge in [0, 0.05) is 19.6 Å². The minimum atomic E-state index is -0.816. The summed E-state index contributed by atoms with van der Waals surface area (Å²) in [7, 11) is 0. The minimum Gasteiger partial charge on any atom is -0.481 e. The molecule has 5 nitrogen and oxygen atoms in total. The number of unbranched alkanes of at least 4 members (excludes halogenated alkanes) is 5. The van der Waals surface area contributed by atoms with Crippen LogP contribution in [0.25, 0.3) is 0 Å². The van der Waals surface area contributed by atoms with Crippen LogP contribution in [-0.2, 0) is 4.79 Å². The Bertz CT molecular complexity index is 333. The molecule has 1 unspecified atom stereocenters. The number of likely N-dealkylation sites (tertiary alicyclic amines) is 1. The summed E-state index contributed by atoms with van der Waals surface area (Å²) >= 11 is 0. The van der Waals surface area contributed by atoms with Crippen LogP contribution >= 0.6 is 0 Å². The van der Waals surface area contributed by atoms with Crippen LogP contribution in [0.1, 0.15) is 58.8 Å². The van der Waals surface area contributed by atoms with Gasteiger partial charge < -0.3 is 15.3 Å². The summed E-state index contributed by atoms with van der Waals surface area (Å²) in [5.74, 6) is -0.816. The van der Waals surface area contributed by atoms with E-state index in [1.54, 1.807) is 11.8 Å². The van der Waals surface area contributed by atoms with Crippen molar-refractivity contribution in [1.82, 2.24) is 10.2 Å². The first kappa shape index (κ1) is 16.8. The van der Waals surface area contributed by atoms with Crippen LogP contribution in [0.2, 0.25) is 0 Å². The topological polar surface area (TPSA) is 69.6 Å². The highest BCUT2D eigenvalue weighted by molar-refractivity contribution is 5.79. The van der Waals surface area contributed by atoms with Crippen molar-refractivity contribution in [3.05, 3.63) is 0 Å². The third kappa shape index (κ3) is 5.02. The summed E-state index contributed by atoms with van der Waals surface area (Å²) in [4.78, 5) is 24.6. The van der Waals surface area contributed by atoms with Gasteiger partial charge in [0.1, 0.15) is 0 Å². The lowest BCUT2D eigenvalue weighted by Crippen LogP contribution is -2.41. The van der Waals surface area contributed by atoms with E-state index in [9.17, 15) is 9.59 Å². The molecule has 2 amide bonds. The molecule has 0 aromatic heterocycles. The van der Waals surface area contributed by atoms with Crippen LogP contribution < -0.4 is 5.32 Å². The Kier molecular flexibility index (Phi) is 6.82. The monoisotopic (exact) mass is 284 g/mol. The lowest BCUT2D eigenvalue weighted by molar-refractivity contribution is -0.146. The Balaban J connectivity index is 2.13. The Labute approximate surface area is 121 Å². The fourth-order valence-corrected chi connectivity index (χ4v) is 2.52. The maximum absolute atomic E-state index is 11.9. The summed E-state index contributed by atoms with van der Waals surface area (Å²) in [6, 6.07) is -0.122. The molecule has 1 rings (SSSR count). The number of nitrogens with zero attached hydrogens (tertiary/aromatic N) is 1. The fourth-order valence-electron chi connectivity index (χ4n) is 2.52. The number of carboxylic acid groups (broad SMARTS) is 1. The van der Waals surface area contributed by atoms with Crippen LogP contribution in [0.5, 0.6) is 0 Å². The van der Waals surface area contributed by atoms with Gasteiger partial charge in [0.05, 0.1) is 5.41 Å². The van der Waals surface area contributed by atoms with Crippen molar-refractivity contribution in [1.29, 1.82) is 0 Å². The number of carbonyl (C=O) groups is 2. The number of nitrogens with one attached hydrogen (secondary N) is 1. The Morgan fingerprint density at radius 1 is 1.20 bits per heavy atom. The molecule has 1 fully saturated rings. The van der Waals surface area contributed by atoms with Gasteiger partial charge in [-0.25, -0.2) is 4.79 Å². The van der Waals surface area contributed by atoms with E-state index < -0.39 is 11.4 Å². The lowest BCUT2D eigenvalue weighted by atomic mass is 9.90. The van der Waals surface area contributed by atoms with Crippen molar-refractivity contribution in [2.45, 2.75) is 58.8 Å². The Morgan fingerprint density at radius 3 is 2.45 bits per heavy atom. The fraction of sp³-hybridized carbons (Fsp3) is 0.867. The molecule has 1 atom stereocenters. The number of carbonyl (C=O) groups excluding carboxylic acids is 1. The molecule has 0 bridgehead atoms. The molecule has 116 valence electrons. The average Bonchev–Trinajstić information content (AvgIpc) is 2.82. The van der Waals surface area contributed by atoms with Gasteiger partial charge in [-0.3, -0.25) is 4.79 Å². The molecular formula is C15H28N2O3. The molecule has 1 saturated heterocycles. The summed E-state index contributed by atoms with van der Waals surface area (Å²) < 4.78 is 0. The van der Waals surface area contributed by atoms with Crippen molar-refractivity contribution in [2.75, 3.05) is 19.6 Å². The van der Waals surface area contributed by atoms with Gasteiger partial charge in [0.15, 0.2) is 0 Å². The van der Waals surface area contributed by atoms with Crippen LogP contribution in [0.4, 0.5) is 4.79 Å². The molecule has 0 spiro atoms. The van der Waals surface area contributed by atoms with E-state index in [1.807, 2.05) is 0 Å². The predicted octanol–water partition coefficient (Wildman–Crippen LogP) is 2.85. The van der Waals surface area contributed by atoms with E-state index >= 15 is 0 Å². The number of carboxylic acids is 1. The van der Waals surface area contributed by atoms with Crippen molar-refractivity contribution in [2.24, 2.45) is 5.41 Å². The molecule has 20 heavy (non-hydrogen) atoms. The number of rotatable bonds is 8. The molecule has 0 aromatic rings. The van der Waals surface area contributed by atoms with Crippen LogP contribution in [0.15, 0.2) is 0 Å². The third-order valence-corrected chi connectivity index (χ3v) is 4.08. The first-order chi connectivity index (χ1) is 9.49. The minimum absolute atomic E-state index is 0.122. The molecule has 0 aromatic carbocycles. The molecule has 0 aliphatic carbocycles. The van der Waals surface area contributed by atoms with Crippen LogP contribution in [-0.4, -0.2) is 41.6 Å². The SMILES string of the molecule is CCCCCCCCNC(=O)N1CCC(C)(C(=O)O)C1. The second-order valence-corrected chi connectivity index (χ2v) is 6.04. The summed E-state index contributed by atoms with van der Waals surface area (Å²) in [5.41, 5.74) is -0.780. The van der Waals surface area contributed by atoms with Gasteiger partial charge in [0.25, 0.3) is 0 Å². The quantitative estimate of drug-likeness (QED) is 0.673. The van der Waals surface area contributed by atoms with Crippen molar-refractivity contribution in [3.8, 4) is 0 Å². The molecule has 0 radical (unpaired) electrons. The maximum atomic E-state index is 11.9. The van der Waals surface area contributed by atoms with Gasteiger partial charge in [-0.05, 0) is 19.8 Å². The van der Waals surface area contributed by atoms with Crippen molar-refractivity contribution in [3.63, 3.8) is 0 Å². The van der Waals surface area contributed by atoms with E-state index in [0.717, 1.165) is 12.8 Å². The van der Waals surface area contributed by atoms with Crippen molar-refractivity contribution < 1.29 is 14.7 Å². The van der Waals surface area contributed by atoms with E-state index in [4.69, 9.17) is 5.11 Å². The second-order valence-electron chi connectivity index (χ2n) is 6.04. The van der Waals surface area contributed by atoms with E-state index in [2.05, 4.69) is 12.2 Å². The third-order valence-electron chi connectivity index (χ3n) is 4.08. The van der Waals surface area contributed by atoms with Gasteiger partial charge >= 0.3 is 12.0 Å². The smallest absolute Gasteiger partial charge is 0.317 e. The molecule has 5 heteroatoms. The summed E-state index contributed by atoms with van der Waals surface area (Å²) in [6.45, 7) is 5.43. The average molecular weight is 284 g/mol. The van der Waals surface area contributed by atoms with Gasteiger partial charge in [-0.2, -0.15) is 0 Å². The van der Waals surface area contributed by atoms with Gasteiger partial charge in [-0.15, -0.1) is 0 Å². The Hall–Kier alpha value is -1.26. The zero-order chi connectivity index (χ0) is 15.0. The molecule has 0 saturated carbocycles. The van der Waals surface area contributed by atoms with Crippen LogP contribution in [0.3, 0.4) is 0 Å². The number of hydrogen-bond acceptors (Lipinski definition) is 2. The first-order valence-corrected chi connectivity index (χ1v) is 7.76. The highest BCUT2D eigenvalue weighted by atomic mass is 16.4. The van der Waals surface area contributed by atoms with E-state index in [-0.39, 0.29) is 6.03 Å². The first-order valence-electron chi connectivity index (χ1n) is 7.76. The van der Waals surface area contributed by atoms with Crippen molar-refractivity contribution >= 4 is 12.0 Å². The van der Waals surface area contributed by atoms with Crippen LogP contribution in [0, 0.1) is 5.41 Å². The number of aliphatic carboxylic acids is 1.